The van der Waals surface area contributed by atoms with Crippen LogP contribution in [0.3, 0.4) is 0 Å². The van der Waals surface area contributed by atoms with Crippen LogP contribution in [0.5, 0.6) is 11.5 Å². The van der Waals surface area contributed by atoms with Crippen LogP contribution in [0.15, 0.2) is 148 Å². The zero-order chi connectivity index (χ0) is 35.7. The molecule has 4 aromatic carbocycles. The highest BCUT2D eigenvalue weighted by atomic mass is 32.2. The van der Waals surface area contributed by atoms with Gasteiger partial charge in [0.05, 0.1) is 37.0 Å². The molecular formula is C40H33N9O2S2. The fraction of sp³-hybridized carbons (Fsp3) is 0.125. The number of hydrogen-bond acceptors (Lipinski definition) is 11. The quantitative estimate of drug-likeness (QED) is 0.174. The lowest BCUT2D eigenvalue weighted by Crippen LogP contribution is -2.07. The van der Waals surface area contributed by atoms with Gasteiger partial charge in [0.25, 0.3) is 0 Å². The molecule has 1 aliphatic rings. The first-order chi connectivity index (χ1) is 26.3. The zero-order valence-electron chi connectivity index (χ0n) is 28.5. The van der Waals surface area contributed by atoms with Crippen LogP contribution in [0.25, 0.3) is 22.8 Å². The standard InChI is InChI=1S/C40H33N9O2S2/c1-3-13-29(14-4-1)37-44-46-39-48(37)41-25-31-17-7-9-21-35(31)50-23-12-24-51-36-22-10-8-18-32(36)26-42-49-38(30-15-5-2-6-16-30)45-47-40(49)53-28-34-20-11-19-33(43-34)27-52-39/h1-11,13-22,25-26H,12,23-24,27-28H2/b41-25+,42-26+. The van der Waals surface area contributed by atoms with E-state index in [0.29, 0.717) is 53.1 Å². The Morgan fingerprint density at radius 1 is 0.472 bits per heavy atom. The fourth-order valence-electron chi connectivity index (χ4n) is 5.52. The Labute approximate surface area is 314 Å². The highest BCUT2D eigenvalue weighted by Crippen LogP contribution is 2.29. The average Bonchev–Trinajstić information content (AvgIpc) is 3.82. The molecule has 262 valence electrons. The van der Waals surface area contributed by atoms with E-state index in [-0.39, 0.29) is 0 Å². The molecule has 0 unspecified atom stereocenters. The minimum Gasteiger partial charge on any atom is -0.493 e. The van der Waals surface area contributed by atoms with Gasteiger partial charge >= 0.3 is 0 Å². The van der Waals surface area contributed by atoms with Gasteiger partial charge in [0.1, 0.15) is 11.5 Å². The molecule has 0 amide bonds. The first-order valence-corrected chi connectivity index (χ1v) is 19.0. The second kappa shape index (κ2) is 16.5. The minimum absolute atomic E-state index is 0.456. The molecule has 7 aromatic rings. The van der Waals surface area contributed by atoms with Crippen LogP contribution in [-0.2, 0) is 11.5 Å². The van der Waals surface area contributed by atoms with Gasteiger partial charge in [-0.2, -0.15) is 19.6 Å². The van der Waals surface area contributed by atoms with E-state index >= 15 is 0 Å². The van der Waals surface area contributed by atoms with Crippen molar-refractivity contribution < 1.29 is 9.47 Å². The van der Waals surface area contributed by atoms with Crippen LogP contribution in [0.4, 0.5) is 0 Å². The lowest BCUT2D eigenvalue weighted by Gasteiger charge is -2.12. The van der Waals surface area contributed by atoms with Crippen molar-refractivity contribution in [2.75, 3.05) is 13.2 Å². The first-order valence-electron chi connectivity index (χ1n) is 17.0. The van der Waals surface area contributed by atoms with Crippen molar-refractivity contribution >= 4 is 36.0 Å². The maximum Gasteiger partial charge on any atom is 0.212 e. The van der Waals surface area contributed by atoms with Gasteiger partial charge < -0.3 is 9.47 Å². The molecule has 13 heteroatoms. The number of rotatable bonds is 2. The van der Waals surface area contributed by atoms with Crippen LogP contribution in [0.1, 0.15) is 28.9 Å². The molecule has 0 atom stereocenters. The second-order valence-corrected chi connectivity index (χ2v) is 13.7. The van der Waals surface area contributed by atoms with Gasteiger partial charge in [0, 0.05) is 40.2 Å². The van der Waals surface area contributed by atoms with Gasteiger partial charge in [-0.1, -0.05) is 115 Å². The molecule has 0 saturated heterocycles. The summed E-state index contributed by atoms with van der Waals surface area (Å²) >= 11 is 3.05. The molecule has 8 rings (SSSR count). The van der Waals surface area contributed by atoms with Gasteiger partial charge in [-0.05, 0) is 36.4 Å². The van der Waals surface area contributed by atoms with E-state index in [0.717, 1.165) is 45.1 Å². The predicted molar refractivity (Wildman–Crippen MR) is 209 cm³/mol. The lowest BCUT2D eigenvalue weighted by molar-refractivity contribution is 0.247. The SMILES string of the molecule is C1=N/n2c(nnc2-c2ccccc2)SCc2cccc(n2)CSc2nnc(-c3ccccc3)n2/N=C/c2ccccc2OCCCOc2ccccc2/1. The molecule has 2 bridgehead atoms. The average molecular weight is 736 g/mol. The fourth-order valence-corrected chi connectivity index (χ4v) is 7.11. The van der Waals surface area contributed by atoms with Crippen LogP contribution in [0, 0.1) is 0 Å². The van der Waals surface area contributed by atoms with Gasteiger partial charge in [-0.3, -0.25) is 4.98 Å². The number of benzene rings is 4. The Hall–Kier alpha value is -6.05. The Morgan fingerprint density at radius 2 is 0.925 bits per heavy atom. The molecule has 11 nitrogen and oxygen atoms in total. The van der Waals surface area contributed by atoms with Crippen LogP contribution in [0.2, 0.25) is 0 Å². The third kappa shape index (κ3) is 8.21. The predicted octanol–water partition coefficient (Wildman–Crippen LogP) is 8.11. The summed E-state index contributed by atoms with van der Waals surface area (Å²) in [5, 5.41) is 29.2. The zero-order valence-corrected chi connectivity index (χ0v) is 30.1. The van der Waals surface area contributed by atoms with Crippen molar-refractivity contribution in [1.82, 2.24) is 34.7 Å². The monoisotopic (exact) mass is 735 g/mol. The highest BCUT2D eigenvalue weighted by Gasteiger charge is 2.17. The lowest BCUT2D eigenvalue weighted by atomic mass is 10.2. The summed E-state index contributed by atoms with van der Waals surface area (Å²) in [5.41, 5.74) is 5.30. The Bertz CT molecular complexity index is 2200. The van der Waals surface area contributed by atoms with Crippen LogP contribution >= 0.6 is 23.5 Å². The summed E-state index contributed by atoms with van der Waals surface area (Å²) in [6.45, 7) is 0.912. The number of fused-ring (bicyclic) bond motifs is 6. The number of ether oxygens (including phenoxy) is 2. The molecular weight excluding hydrogens is 703 g/mol. The van der Waals surface area contributed by atoms with Crippen molar-refractivity contribution in [3.05, 3.63) is 150 Å². The Morgan fingerprint density at radius 3 is 1.42 bits per heavy atom. The number of thioether (sulfide) groups is 2. The van der Waals surface area contributed by atoms with Crippen molar-refractivity contribution in [2.45, 2.75) is 28.2 Å². The third-order valence-corrected chi connectivity index (χ3v) is 10.0. The second-order valence-electron chi connectivity index (χ2n) is 11.8. The smallest absolute Gasteiger partial charge is 0.212 e. The molecule has 1 aliphatic heterocycles. The topological polar surface area (TPSA) is 117 Å². The van der Waals surface area contributed by atoms with Crippen LogP contribution in [-0.4, -0.2) is 60.4 Å². The van der Waals surface area contributed by atoms with Crippen molar-refractivity contribution in [3.8, 4) is 34.3 Å². The van der Waals surface area contributed by atoms with Gasteiger partial charge in [-0.15, -0.1) is 20.4 Å². The first kappa shape index (κ1) is 34.1. The minimum atomic E-state index is 0.456. The third-order valence-electron chi connectivity index (χ3n) is 8.12. The van der Waals surface area contributed by atoms with Crippen molar-refractivity contribution in [2.24, 2.45) is 10.2 Å². The molecule has 3 aromatic heterocycles. The Kier molecular flexibility index (Phi) is 10.6. The highest BCUT2D eigenvalue weighted by molar-refractivity contribution is 7.98. The molecule has 4 heterocycles. The number of hydrogen-bond donors (Lipinski definition) is 0. The van der Waals surface area contributed by atoms with E-state index in [2.05, 4.69) is 20.4 Å². The number of pyridine rings is 1. The van der Waals surface area contributed by atoms with Gasteiger partial charge in [0.2, 0.25) is 10.3 Å². The summed E-state index contributed by atoms with van der Waals surface area (Å²) < 4.78 is 16.0. The normalized spacial score (nSPS) is 14.9. The largest absolute Gasteiger partial charge is 0.493 e. The van der Waals surface area contributed by atoms with E-state index in [4.69, 9.17) is 24.7 Å². The summed E-state index contributed by atoms with van der Waals surface area (Å²) in [5.74, 6) is 3.86. The maximum atomic E-state index is 6.24. The Balaban J connectivity index is 1.14. The van der Waals surface area contributed by atoms with Crippen LogP contribution < -0.4 is 9.47 Å². The number of nitrogens with zero attached hydrogens (tertiary/aromatic N) is 9. The van der Waals surface area contributed by atoms with Gasteiger partial charge in [0.15, 0.2) is 11.6 Å². The molecule has 0 saturated carbocycles. The molecule has 0 fully saturated rings. The molecule has 0 spiro atoms. The van der Waals surface area contributed by atoms with Gasteiger partial charge in [-0.25, -0.2) is 0 Å². The number of para-hydroxylation sites is 2. The summed E-state index contributed by atoms with van der Waals surface area (Å²) in [7, 11) is 0. The molecule has 0 radical (unpaired) electrons. The van der Waals surface area contributed by atoms with E-state index in [1.54, 1.807) is 21.8 Å². The van der Waals surface area contributed by atoms with E-state index in [9.17, 15) is 0 Å². The van der Waals surface area contributed by atoms with Crippen molar-refractivity contribution in [1.29, 1.82) is 0 Å². The van der Waals surface area contributed by atoms with Crippen molar-refractivity contribution in [3.63, 3.8) is 0 Å². The maximum absolute atomic E-state index is 6.24. The number of aromatic nitrogens is 7. The molecule has 53 heavy (non-hydrogen) atoms. The summed E-state index contributed by atoms with van der Waals surface area (Å²) in [6, 6.07) is 41.6. The van der Waals surface area contributed by atoms with E-state index in [1.807, 2.05) is 127 Å². The summed E-state index contributed by atoms with van der Waals surface area (Å²) in [4.78, 5) is 4.97. The van der Waals surface area contributed by atoms with E-state index in [1.165, 1.54) is 23.5 Å². The molecule has 0 N–H and O–H groups in total. The molecule has 0 aliphatic carbocycles. The summed E-state index contributed by atoms with van der Waals surface area (Å²) in [6.07, 6.45) is 4.25. The van der Waals surface area contributed by atoms with E-state index < -0.39 is 0 Å².